The van der Waals surface area contributed by atoms with Gasteiger partial charge >= 0.3 is 12.5 Å². The molecule has 0 saturated carbocycles. The van der Waals surface area contributed by atoms with Crippen molar-refractivity contribution < 1.29 is 32.2 Å². The summed E-state index contributed by atoms with van der Waals surface area (Å²) >= 11 is 0. The summed E-state index contributed by atoms with van der Waals surface area (Å²) in [5, 5.41) is 10.6. The van der Waals surface area contributed by atoms with Crippen LogP contribution in [0.4, 0.5) is 18.0 Å². The maximum atomic E-state index is 13.1. The number of carbonyl (C=O) groups is 2. The van der Waals surface area contributed by atoms with Crippen molar-refractivity contribution in [2.75, 3.05) is 26.2 Å². The molecule has 2 aliphatic rings. The summed E-state index contributed by atoms with van der Waals surface area (Å²) in [6.07, 6.45) is -5.26. The third-order valence-electron chi connectivity index (χ3n) is 6.60. The Balaban J connectivity index is 1.15. The number of H-pyrrole nitrogens is 1. The molecule has 0 spiro atoms. The van der Waals surface area contributed by atoms with E-state index in [-0.39, 0.29) is 29.6 Å². The number of hydrogen-bond donors (Lipinski definition) is 1. The first-order valence-electron chi connectivity index (χ1n) is 11.0. The minimum absolute atomic E-state index is 0.0713. The number of alkyl halides is 3. The van der Waals surface area contributed by atoms with Crippen molar-refractivity contribution in [2.45, 2.75) is 19.9 Å². The van der Waals surface area contributed by atoms with Crippen LogP contribution in [0.1, 0.15) is 22.8 Å². The number of fused-ring (bicyclic) bond motifs is 2. The van der Waals surface area contributed by atoms with E-state index in [4.69, 9.17) is 4.74 Å². The predicted octanol–water partition coefficient (Wildman–Crippen LogP) is 3.59. The molecule has 2 aliphatic heterocycles. The third-order valence-corrected chi connectivity index (χ3v) is 6.60. The molecule has 0 radical (unpaired) electrons. The van der Waals surface area contributed by atoms with Gasteiger partial charge in [-0.15, -0.1) is 13.2 Å². The molecule has 3 aromatic rings. The molecule has 0 aliphatic carbocycles. The summed E-state index contributed by atoms with van der Waals surface area (Å²) in [6, 6.07) is 10.4. The maximum Gasteiger partial charge on any atom is 0.573 e. The molecular weight excluding hydrogens is 467 g/mol. The lowest BCUT2D eigenvalue weighted by atomic mass is 9.83. The summed E-state index contributed by atoms with van der Waals surface area (Å²) in [7, 11) is 0. The summed E-state index contributed by atoms with van der Waals surface area (Å²) < 4.78 is 46.0. The van der Waals surface area contributed by atoms with E-state index in [9.17, 15) is 22.8 Å². The standard InChI is InChI=1S/C23H22F3N5O4/c1-22-12-30(20(32)15-4-7-18-19(8-15)28-29-27-18)9-16(22)10-31(13-22)21(33)34-11-14-2-5-17(6-3-14)35-23(24,25)26/h2-8,16H,9-13H2,1H3,(H,27,28,29)/t16-,22-/m1/s1. The zero-order valence-electron chi connectivity index (χ0n) is 18.7. The van der Waals surface area contributed by atoms with Crippen molar-refractivity contribution >= 4 is 23.0 Å². The van der Waals surface area contributed by atoms with E-state index >= 15 is 0 Å². The number of halogens is 3. The van der Waals surface area contributed by atoms with Crippen LogP contribution in [0.15, 0.2) is 42.5 Å². The molecule has 0 bridgehead atoms. The van der Waals surface area contributed by atoms with Gasteiger partial charge in [0.05, 0.1) is 0 Å². The van der Waals surface area contributed by atoms with Gasteiger partial charge in [-0.1, -0.05) is 19.1 Å². The fraction of sp³-hybridized carbons (Fsp3) is 0.391. The first-order chi connectivity index (χ1) is 16.6. The first kappa shape index (κ1) is 22.9. The fourth-order valence-corrected chi connectivity index (χ4v) is 4.81. The van der Waals surface area contributed by atoms with Crippen LogP contribution in [-0.2, 0) is 11.3 Å². The van der Waals surface area contributed by atoms with Gasteiger partial charge < -0.3 is 19.3 Å². The Morgan fingerprint density at radius 2 is 1.74 bits per heavy atom. The molecule has 2 aromatic carbocycles. The van der Waals surface area contributed by atoms with Gasteiger partial charge in [0, 0.05) is 43.1 Å². The molecule has 2 saturated heterocycles. The molecule has 2 fully saturated rings. The Kier molecular flexibility index (Phi) is 5.53. The van der Waals surface area contributed by atoms with Gasteiger partial charge in [0.1, 0.15) is 23.4 Å². The zero-order chi connectivity index (χ0) is 24.8. The molecule has 3 heterocycles. The summed E-state index contributed by atoms with van der Waals surface area (Å²) in [4.78, 5) is 29.1. The molecular formula is C23H22F3N5O4. The monoisotopic (exact) mass is 489 g/mol. The number of amides is 2. The highest BCUT2D eigenvalue weighted by Crippen LogP contribution is 2.42. The quantitative estimate of drug-likeness (QED) is 0.601. The highest BCUT2D eigenvalue weighted by molar-refractivity contribution is 5.97. The zero-order valence-corrected chi connectivity index (χ0v) is 18.7. The number of likely N-dealkylation sites (tertiary alicyclic amines) is 2. The Hall–Kier alpha value is -3.83. The smallest absolute Gasteiger partial charge is 0.445 e. The second-order valence-corrected chi connectivity index (χ2v) is 9.19. The summed E-state index contributed by atoms with van der Waals surface area (Å²) in [5.74, 6) is -0.320. The van der Waals surface area contributed by atoms with Gasteiger partial charge in [-0.05, 0) is 35.9 Å². The Morgan fingerprint density at radius 1 is 1.06 bits per heavy atom. The fourth-order valence-electron chi connectivity index (χ4n) is 4.81. The van der Waals surface area contributed by atoms with Gasteiger partial charge in [-0.3, -0.25) is 4.79 Å². The Bertz CT molecular complexity index is 1260. The molecule has 9 nitrogen and oxygen atoms in total. The van der Waals surface area contributed by atoms with E-state index in [0.29, 0.717) is 48.3 Å². The average Bonchev–Trinajstić information content (AvgIpc) is 3.48. The van der Waals surface area contributed by atoms with Gasteiger partial charge in [0.15, 0.2) is 0 Å². The number of nitrogens with one attached hydrogen (secondary N) is 1. The minimum Gasteiger partial charge on any atom is -0.445 e. The number of carbonyl (C=O) groups excluding carboxylic acids is 2. The first-order valence-corrected chi connectivity index (χ1v) is 11.0. The number of rotatable bonds is 4. The van der Waals surface area contributed by atoms with Crippen LogP contribution >= 0.6 is 0 Å². The number of hydrogen-bond acceptors (Lipinski definition) is 6. The highest BCUT2D eigenvalue weighted by atomic mass is 19.4. The van der Waals surface area contributed by atoms with Crippen LogP contribution in [0.25, 0.3) is 11.0 Å². The van der Waals surface area contributed by atoms with Crippen molar-refractivity contribution in [2.24, 2.45) is 11.3 Å². The average molecular weight is 489 g/mol. The molecule has 12 heteroatoms. The summed E-state index contributed by atoms with van der Waals surface area (Å²) in [5.41, 5.74) is 2.13. The van der Waals surface area contributed by atoms with Crippen molar-refractivity contribution in [3.63, 3.8) is 0 Å². The number of aromatic nitrogens is 3. The maximum absolute atomic E-state index is 13.1. The van der Waals surface area contributed by atoms with Crippen LogP contribution in [0, 0.1) is 11.3 Å². The highest BCUT2D eigenvalue weighted by Gasteiger charge is 2.52. The lowest BCUT2D eigenvalue weighted by Gasteiger charge is -2.25. The van der Waals surface area contributed by atoms with Crippen LogP contribution in [0.2, 0.25) is 0 Å². The van der Waals surface area contributed by atoms with E-state index in [1.807, 2.05) is 0 Å². The predicted molar refractivity (Wildman–Crippen MR) is 116 cm³/mol. The van der Waals surface area contributed by atoms with Crippen molar-refractivity contribution in [1.29, 1.82) is 0 Å². The van der Waals surface area contributed by atoms with Crippen LogP contribution in [0.3, 0.4) is 0 Å². The number of ether oxygens (including phenoxy) is 2. The molecule has 184 valence electrons. The van der Waals surface area contributed by atoms with Gasteiger partial charge in [0.2, 0.25) is 0 Å². The lowest BCUT2D eigenvalue weighted by Crippen LogP contribution is -2.38. The molecule has 35 heavy (non-hydrogen) atoms. The topological polar surface area (TPSA) is 101 Å². The molecule has 5 rings (SSSR count). The molecule has 2 amide bonds. The van der Waals surface area contributed by atoms with E-state index < -0.39 is 12.5 Å². The second-order valence-electron chi connectivity index (χ2n) is 9.19. The third kappa shape index (κ3) is 4.73. The van der Waals surface area contributed by atoms with Gasteiger partial charge in [0.25, 0.3) is 5.91 Å². The van der Waals surface area contributed by atoms with Crippen LogP contribution in [-0.4, -0.2) is 69.8 Å². The van der Waals surface area contributed by atoms with E-state index in [0.717, 1.165) is 0 Å². The number of aromatic amines is 1. The molecule has 1 N–H and O–H groups in total. The molecule has 2 atom stereocenters. The second kappa shape index (κ2) is 8.43. The lowest BCUT2D eigenvalue weighted by molar-refractivity contribution is -0.274. The van der Waals surface area contributed by atoms with Crippen molar-refractivity contribution in [3.8, 4) is 5.75 Å². The Morgan fingerprint density at radius 3 is 2.46 bits per heavy atom. The van der Waals surface area contributed by atoms with Crippen molar-refractivity contribution in [3.05, 3.63) is 53.6 Å². The van der Waals surface area contributed by atoms with Crippen LogP contribution < -0.4 is 4.74 Å². The number of nitrogens with zero attached hydrogens (tertiary/aromatic N) is 4. The summed E-state index contributed by atoms with van der Waals surface area (Å²) in [6.45, 7) is 3.92. The van der Waals surface area contributed by atoms with E-state index in [1.165, 1.54) is 24.3 Å². The van der Waals surface area contributed by atoms with E-state index in [1.54, 1.807) is 28.0 Å². The normalized spacial score (nSPS) is 21.9. The van der Waals surface area contributed by atoms with Gasteiger partial charge in [-0.25, -0.2) is 4.79 Å². The number of benzene rings is 2. The molecule has 0 unspecified atom stereocenters. The molecule has 1 aromatic heterocycles. The minimum atomic E-state index is -4.76. The SMILES string of the molecule is C[C@@]12CN(C(=O)OCc3ccc(OC(F)(F)F)cc3)C[C@H]1CN(C(=O)c1ccc3n[nH]nc3c1)C2. The van der Waals surface area contributed by atoms with Crippen molar-refractivity contribution in [1.82, 2.24) is 25.2 Å². The van der Waals surface area contributed by atoms with Gasteiger partial charge in [-0.2, -0.15) is 15.4 Å². The largest absolute Gasteiger partial charge is 0.573 e. The van der Waals surface area contributed by atoms with E-state index in [2.05, 4.69) is 27.1 Å². The Labute approximate surface area is 197 Å². The van der Waals surface area contributed by atoms with Crippen LogP contribution in [0.5, 0.6) is 5.75 Å².